The summed E-state index contributed by atoms with van der Waals surface area (Å²) in [6.45, 7) is 0. The van der Waals surface area contributed by atoms with Crippen LogP contribution in [0.3, 0.4) is 0 Å². The van der Waals surface area contributed by atoms with Gasteiger partial charge >= 0.3 is 7.60 Å². The molecule has 3 nitrogen and oxygen atoms in total. The van der Waals surface area contributed by atoms with Gasteiger partial charge in [0.25, 0.3) is 0 Å². The summed E-state index contributed by atoms with van der Waals surface area (Å²) in [5, 5.41) is 7.31. The molecule has 0 aliphatic rings. The van der Waals surface area contributed by atoms with Crippen molar-refractivity contribution in [3.63, 3.8) is 0 Å². The van der Waals surface area contributed by atoms with Crippen LogP contribution in [0.25, 0.3) is 43.4 Å². The van der Waals surface area contributed by atoms with Crippen molar-refractivity contribution in [1.82, 2.24) is 0 Å². The highest BCUT2D eigenvalue weighted by molar-refractivity contribution is 7.60. The second-order valence-electron chi connectivity index (χ2n) is 6.56. The molecule has 5 rings (SSSR count). The smallest absolute Gasteiger partial charge is 0.321 e. The van der Waals surface area contributed by atoms with Gasteiger partial charge in [-0.05, 0) is 55.6 Å². The first-order chi connectivity index (χ1) is 12.5. The van der Waals surface area contributed by atoms with Crippen molar-refractivity contribution >= 4 is 45.2 Å². The van der Waals surface area contributed by atoms with E-state index in [4.69, 9.17) is 0 Å². The first kappa shape index (κ1) is 15.5. The molecule has 0 radical (unpaired) electrons. The fraction of sp³-hybridized carbons (Fsp3) is 0. The zero-order valence-electron chi connectivity index (χ0n) is 13.8. The van der Waals surface area contributed by atoms with Crippen LogP contribution in [-0.2, 0) is 4.57 Å². The minimum Gasteiger partial charge on any atom is -0.321 e. The molecule has 0 aromatic heterocycles. The van der Waals surface area contributed by atoms with Gasteiger partial charge in [0.05, 0.1) is 5.30 Å². The largest absolute Gasteiger partial charge is 0.356 e. The molecule has 5 aromatic carbocycles. The van der Waals surface area contributed by atoms with Crippen molar-refractivity contribution in [2.75, 3.05) is 0 Å². The summed E-state index contributed by atoms with van der Waals surface area (Å²) in [6.07, 6.45) is 0. The highest BCUT2D eigenvalue weighted by Crippen LogP contribution is 2.39. The standard InChI is InChI=1S/C22H15O3P/c23-26(24,25)18-10-6-14(7-11-18)19-12-8-17-5-4-15-2-1-3-16-9-13-20(19)22(17)21(15)16/h1-13H,(H2,23,24,25). The Labute approximate surface area is 150 Å². The number of benzene rings is 5. The molecule has 4 heteroatoms. The molecule has 0 unspecified atom stereocenters. The molecule has 0 atom stereocenters. The van der Waals surface area contributed by atoms with E-state index in [1.54, 1.807) is 12.1 Å². The van der Waals surface area contributed by atoms with E-state index in [1.165, 1.54) is 39.1 Å². The van der Waals surface area contributed by atoms with Crippen molar-refractivity contribution in [2.45, 2.75) is 0 Å². The third kappa shape index (κ3) is 2.26. The summed E-state index contributed by atoms with van der Waals surface area (Å²) < 4.78 is 11.4. The maximum absolute atomic E-state index is 11.4. The Bertz CT molecular complexity index is 1300. The SMILES string of the molecule is O=P(O)(O)c1ccc(-c2ccc3ccc4cccc5ccc2c3c45)cc1. The lowest BCUT2D eigenvalue weighted by atomic mass is 9.90. The number of hydrogen-bond acceptors (Lipinski definition) is 1. The van der Waals surface area contributed by atoms with Gasteiger partial charge in [0, 0.05) is 0 Å². The predicted octanol–water partition coefficient (Wildman–Crippen LogP) is 5.05. The summed E-state index contributed by atoms with van der Waals surface area (Å²) >= 11 is 0. The van der Waals surface area contributed by atoms with Crippen molar-refractivity contribution in [2.24, 2.45) is 0 Å². The van der Waals surface area contributed by atoms with Crippen LogP contribution >= 0.6 is 7.60 Å². The normalized spacial score (nSPS) is 12.4. The van der Waals surface area contributed by atoms with Gasteiger partial charge in [-0.25, -0.2) is 0 Å². The molecule has 0 spiro atoms. The molecule has 0 saturated heterocycles. The Morgan fingerprint density at radius 1 is 0.615 bits per heavy atom. The average molecular weight is 358 g/mol. The average Bonchev–Trinajstić information content (AvgIpc) is 2.65. The molecule has 0 aliphatic heterocycles. The van der Waals surface area contributed by atoms with E-state index in [0.717, 1.165) is 16.5 Å². The quantitative estimate of drug-likeness (QED) is 0.343. The van der Waals surface area contributed by atoms with Crippen molar-refractivity contribution in [3.05, 3.63) is 78.9 Å². The molecule has 5 aromatic rings. The van der Waals surface area contributed by atoms with Crippen molar-refractivity contribution in [3.8, 4) is 11.1 Å². The zero-order valence-corrected chi connectivity index (χ0v) is 14.6. The van der Waals surface area contributed by atoms with Crippen molar-refractivity contribution < 1.29 is 14.4 Å². The zero-order chi connectivity index (χ0) is 17.9. The Balaban J connectivity index is 1.82. The Kier molecular flexibility index (Phi) is 3.22. The summed E-state index contributed by atoms with van der Waals surface area (Å²) in [5.41, 5.74) is 2.01. The Morgan fingerprint density at radius 2 is 1.19 bits per heavy atom. The van der Waals surface area contributed by atoms with Crippen molar-refractivity contribution in [1.29, 1.82) is 0 Å². The van der Waals surface area contributed by atoms with Gasteiger partial charge in [-0.3, -0.25) is 4.57 Å². The molecule has 26 heavy (non-hydrogen) atoms. The summed E-state index contributed by atoms with van der Waals surface area (Å²) in [4.78, 5) is 18.6. The lowest BCUT2D eigenvalue weighted by molar-refractivity contribution is 0.387. The third-order valence-corrected chi connectivity index (χ3v) is 6.01. The molecule has 0 amide bonds. The van der Waals surface area contributed by atoms with Crippen LogP contribution in [0, 0.1) is 0 Å². The second kappa shape index (κ2) is 5.39. The lowest BCUT2D eigenvalue weighted by Crippen LogP contribution is -2.02. The molecule has 126 valence electrons. The Hall–Kier alpha value is -2.71. The van der Waals surface area contributed by atoms with Crippen LogP contribution in [0.5, 0.6) is 0 Å². The topological polar surface area (TPSA) is 57.5 Å². The van der Waals surface area contributed by atoms with Gasteiger partial charge in [-0.15, -0.1) is 0 Å². The van der Waals surface area contributed by atoms with Crippen LogP contribution in [0.4, 0.5) is 0 Å². The van der Waals surface area contributed by atoms with E-state index >= 15 is 0 Å². The Morgan fingerprint density at radius 3 is 1.85 bits per heavy atom. The monoisotopic (exact) mass is 358 g/mol. The molecule has 0 aliphatic carbocycles. The van der Waals surface area contributed by atoms with Crippen LogP contribution in [0.15, 0.2) is 78.9 Å². The molecular weight excluding hydrogens is 343 g/mol. The van der Waals surface area contributed by atoms with E-state index in [-0.39, 0.29) is 5.30 Å². The van der Waals surface area contributed by atoms with E-state index in [0.29, 0.717) is 0 Å². The highest BCUT2D eigenvalue weighted by atomic mass is 31.2. The van der Waals surface area contributed by atoms with Gasteiger partial charge in [0.2, 0.25) is 0 Å². The first-order valence-corrected chi connectivity index (χ1v) is 9.97. The minimum absolute atomic E-state index is 0.0407. The fourth-order valence-corrected chi connectivity index (χ4v) is 4.36. The van der Waals surface area contributed by atoms with E-state index < -0.39 is 7.60 Å². The lowest BCUT2D eigenvalue weighted by Gasteiger charge is -2.14. The number of rotatable bonds is 2. The van der Waals surface area contributed by atoms with Gasteiger partial charge in [-0.1, -0.05) is 66.7 Å². The summed E-state index contributed by atoms with van der Waals surface area (Å²) in [6, 6.07) is 25.7. The number of hydrogen-bond donors (Lipinski definition) is 2. The first-order valence-electron chi connectivity index (χ1n) is 8.35. The fourth-order valence-electron chi connectivity index (χ4n) is 3.82. The molecule has 0 bridgehead atoms. The summed E-state index contributed by atoms with van der Waals surface area (Å²) in [7, 11) is -4.22. The van der Waals surface area contributed by atoms with Gasteiger partial charge in [-0.2, -0.15) is 0 Å². The van der Waals surface area contributed by atoms with Gasteiger partial charge < -0.3 is 9.79 Å². The maximum Gasteiger partial charge on any atom is 0.356 e. The van der Waals surface area contributed by atoms with Gasteiger partial charge in [0.1, 0.15) is 0 Å². The molecular formula is C22H15O3P. The van der Waals surface area contributed by atoms with E-state index in [9.17, 15) is 14.4 Å². The summed E-state index contributed by atoms with van der Waals surface area (Å²) in [5.74, 6) is 0. The van der Waals surface area contributed by atoms with Crippen LogP contribution in [0.2, 0.25) is 0 Å². The van der Waals surface area contributed by atoms with E-state index in [2.05, 4.69) is 54.6 Å². The molecule has 0 heterocycles. The van der Waals surface area contributed by atoms with Crippen LogP contribution in [-0.4, -0.2) is 9.79 Å². The van der Waals surface area contributed by atoms with E-state index in [1.807, 2.05) is 0 Å². The third-order valence-electron chi connectivity index (χ3n) is 5.04. The van der Waals surface area contributed by atoms with Crippen LogP contribution < -0.4 is 5.30 Å². The minimum atomic E-state index is -4.22. The molecule has 0 saturated carbocycles. The van der Waals surface area contributed by atoms with Crippen LogP contribution in [0.1, 0.15) is 0 Å². The predicted molar refractivity (Wildman–Crippen MR) is 107 cm³/mol. The highest BCUT2D eigenvalue weighted by Gasteiger charge is 2.17. The molecule has 2 N–H and O–H groups in total. The maximum atomic E-state index is 11.4. The molecule has 0 fully saturated rings. The second-order valence-corrected chi connectivity index (χ2v) is 8.16. The van der Waals surface area contributed by atoms with Gasteiger partial charge in [0.15, 0.2) is 0 Å².